The first-order chi connectivity index (χ1) is 9.08. The highest BCUT2D eigenvalue weighted by atomic mass is 19.1. The second kappa shape index (κ2) is 7.84. The molecule has 1 N–H and O–H groups in total. The van der Waals surface area contributed by atoms with Crippen molar-refractivity contribution in [2.24, 2.45) is 0 Å². The minimum Gasteiger partial charge on any atom is -0.343 e. The van der Waals surface area contributed by atoms with Gasteiger partial charge < -0.3 is 10.2 Å². The quantitative estimate of drug-likeness (QED) is 0.771. The van der Waals surface area contributed by atoms with Crippen molar-refractivity contribution in [3.05, 3.63) is 35.4 Å². The number of halogens is 2. The number of nitrogens with one attached hydrogen (secondary N) is 1. The van der Waals surface area contributed by atoms with Crippen LogP contribution in [0.25, 0.3) is 0 Å². The van der Waals surface area contributed by atoms with E-state index in [4.69, 9.17) is 0 Å². The molecule has 0 atom stereocenters. The Morgan fingerprint density at radius 1 is 1.26 bits per heavy atom. The number of rotatable bonds is 7. The molecule has 1 rings (SSSR count). The molecule has 0 bridgehead atoms. The van der Waals surface area contributed by atoms with Gasteiger partial charge in [-0.3, -0.25) is 4.79 Å². The molecule has 0 radical (unpaired) electrons. The van der Waals surface area contributed by atoms with Gasteiger partial charge in [0, 0.05) is 38.2 Å². The topological polar surface area (TPSA) is 32.3 Å². The molecule has 0 fully saturated rings. The summed E-state index contributed by atoms with van der Waals surface area (Å²) in [4.78, 5) is 13.4. The predicted octanol–water partition coefficient (Wildman–Crippen LogP) is 2.31. The standard InChI is InChI=1S/C14H20F2N2O/c1-3-18(4-2)14(19)7-8-17-10-11-9-12(15)5-6-13(11)16/h5-6,9,17H,3-4,7-8,10H2,1-2H3. The van der Waals surface area contributed by atoms with Crippen LogP contribution in [0.2, 0.25) is 0 Å². The molecule has 3 nitrogen and oxygen atoms in total. The molecule has 1 aromatic carbocycles. The van der Waals surface area contributed by atoms with Gasteiger partial charge in [-0.05, 0) is 32.0 Å². The van der Waals surface area contributed by atoms with Crippen LogP contribution < -0.4 is 5.32 Å². The van der Waals surface area contributed by atoms with E-state index in [2.05, 4.69) is 5.32 Å². The Balaban J connectivity index is 2.35. The van der Waals surface area contributed by atoms with Gasteiger partial charge in [0.05, 0.1) is 0 Å². The summed E-state index contributed by atoms with van der Waals surface area (Å²) in [6, 6.07) is 3.35. The first kappa shape index (κ1) is 15.6. The number of carbonyl (C=O) groups excluding carboxylic acids is 1. The molecule has 1 amide bonds. The van der Waals surface area contributed by atoms with Gasteiger partial charge in [-0.1, -0.05) is 0 Å². The van der Waals surface area contributed by atoms with E-state index in [1.165, 1.54) is 0 Å². The lowest BCUT2D eigenvalue weighted by atomic mass is 10.2. The summed E-state index contributed by atoms with van der Waals surface area (Å²) in [5.41, 5.74) is 0.273. The van der Waals surface area contributed by atoms with E-state index in [-0.39, 0.29) is 18.0 Å². The van der Waals surface area contributed by atoms with Crippen LogP contribution in [-0.2, 0) is 11.3 Å². The van der Waals surface area contributed by atoms with Gasteiger partial charge in [-0.2, -0.15) is 0 Å². The van der Waals surface area contributed by atoms with Crippen LogP contribution in [0.1, 0.15) is 25.8 Å². The fraction of sp³-hybridized carbons (Fsp3) is 0.500. The summed E-state index contributed by atoms with van der Waals surface area (Å²) in [5.74, 6) is -0.835. The molecule has 0 heterocycles. The number of nitrogens with zero attached hydrogens (tertiary/aromatic N) is 1. The molecule has 0 unspecified atom stereocenters. The minimum absolute atomic E-state index is 0.0669. The van der Waals surface area contributed by atoms with Gasteiger partial charge in [0.1, 0.15) is 11.6 Å². The molecule has 5 heteroatoms. The van der Waals surface area contributed by atoms with Crippen molar-refractivity contribution in [3.8, 4) is 0 Å². The molecular formula is C14H20F2N2O. The SMILES string of the molecule is CCN(CC)C(=O)CCNCc1cc(F)ccc1F. The molecule has 0 spiro atoms. The molecule has 0 saturated carbocycles. The van der Waals surface area contributed by atoms with Gasteiger partial charge in [-0.25, -0.2) is 8.78 Å². The molecule has 0 aliphatic carbocycles. The van der Waals surface area contributed by atoms with Crippen molar-refractivity contribution in [2.45, 2.75) is 26.8 Å². The van der Waals surface area contributed by atoms with Crippen molar-refractivity contribution < 1.29 is 13.6 Å². The molecule has 0 aliphatic heterocycles. The van der Waals surface area contributed by atoms with Gasteiger partial charge >= 0.3 is 0 Å². The number of amides is 1. The molecule has 19 heavy (non-hydrogen) atoms. The molecule has 106 valence electrons. The zero-order valence-electron chi connectivity index (χ0n) is 11.4. The lowest BCUT2D eigenvalue weighted by Gasteiger charge is -2.18. The van der Waals surface area contributed by atoms with Gasteiger partial charge in [0.2, 0.25) is 5.91 Å². The maximum atomic E-state index is 13.3. The van der Waals surface area contributed by atoms with E-state index >= 15 is 0 Å². The maximum absolute atomic E-state index is 13.3. The second-order valence-corrected chi connectivity index (χ2v) is 4.23. The monoisotopic (exact) mass is 270 g/mol. The summed E-state index contributed by atoms with van der Waals surface area (Å²) < 4.78 is 26.2. The van der Waals surface area contributed by atoms with E-state index in [9.17, 15) is 13.6 Å². The van der Waals surface area contributed by atoms with Crippen molar-refractivity contribution in [1.29, 1.82) is 0 Å². The van der Waals surface area contributed by atoms with Crippen LogP contribution in [0.3, 0.4) is 0 Å². The highest BCUT2D eigenvalue weighted by Gasteiger charge is 2.09. The first-order valence-corrected chi connectivity index (χ1v) is 6.50. The largest absolute Gasteiger partial charge is 0.343 e. The van der Waals surface area contributed by atoms with E-state index in [0.717, 1.165) is 18.2 Å². The highest BCUT2D eigenvalue weighted by molar-refractivity contribution is 5.76. The average Bonchev–Trinajstić information content (AvgIpc) is 2.40. The molecule has 0 aliphatic rings. The van der Waals surface area contributed by atoms with Crippen molar-refractivity contribution in [2.75, 3.05) is 19.6 Å². The second-order valence-electron chi connectivity index (χ2n) is 4.23. The van der Waals surface area contributed by atoms with Crippen LogP contribution in [0.15, 0.2) is 18.2 Å². The fourth-order valence-electron chi connectivity index (χ4n) is 1.83. The Bertz CT molecular complexity index is 420. The van der Waals surface area contributed by atoms with E-state index in [0.29, 0.717) is 26.1 Å². The van der Waals surface area contributed by atoms with Crippen LogP contribution >= 0.6 is 0 Å². The van der Waals surface area contributed by atoms with Crippen molar-refractivity contribution in [3.63, 3.8) is 0 Å². The predicted molar refractivity (Wildman–Crippen MR) is 70.6 cm³/mol. The molecule has 1 aromatic rings. The van der Waals surface area contributed by atoms with Crippen LogP contribution in [0, 0.1) is 11.6 Å². The summed E-state index contributed by atoms with van der Waals surface area (Å²) >= 11 is 0. The Kier molecular flexibility index (Phi) is 6.42. The Labute approximate surface area is 112 Å². The Morgan fingerprint density at radius 3 is 2.58 bits per heavy atom. The summed E-state index contributed by atoms with van der Waals surface area (Å²) in [5, 5.41) is 2.95. The molecule has 0 saturated heterocycles. The van der Waals surface area contributed by atoms with Crippen LogP contribution in [0.5, 0.6) is 0 Å². The number of benzene rings is 1. The van der Waals surface area contributed by atoms with Crippen LogP contribution in [-0.4, -0.2) is 30.4 Å². The van der Waals surface area contributed by atoms with Crippen LogP contribution in [0.4, 0.5) is 8.78 Å². The van der Waals surface area contributed by atoms with E-state index < -0.39 is 11.6 Å². The zero-order chi connectivity index (χ0) is 14.3. The van der Waals surface area contributed by atoms with E-state index in [1.54, 1.807) is 4.90 Å². The van der Waals surface area contributed by atoms with E-state index in [1.807, 2.05) is 13.8 Å². The average molecular weight is 270 g/mol. The third kappa shape index (κ3) is 4.95. The molecule has 0 aromatic heterocycles. The van der Waals surface area contributed by atoms with Gasteiger partial charge in [0.15, 0.2) is 0 Å². The van der Waals surface area contributed by atoms with Crippen molar-refractivity contribution >= 4 is 5.91 Å². The summed E-state index contributed by atoms with van der Waals surface area (Å²) in [6.07, 6.45) is 0.360. The highest BCUT2D eigenvalue weighted by Crippen LogP contribution is 2.09. The zero-order valence-corrected chi connectivity index (χ0v) is 11.4. The number of hydrogen-bond acceptors (Lipinski definition) is 2. The normalized spacial score (nSPS) is 10.5. The third-order valence-electron chi connectivity index (χ3n) is 2.96. The number of carbonyl (C=O) groups is 1. The minimum atomic E-state index is -0.461. The van der Waals surface area contributed by atoms with Gasteiger partial charge in [0.25, 0.3) is 0 Å². The Morgan fingerprint density at radius 2 is 1.95 bits per heavy atom. The molecular weight excluding hydrogens is 250 g/mol. The Hall–Kier alpha value is -1.49. The smallest absolute Gasteiger partial charge is 0.223 e. The summed E-state index contributed by atoms with van der Waals surface area (Å²) in [6.45, 7) is 5.90. The summed E-state index contributed by atoms with van der Waals surface area (Å²) in [7, 11) is 0. The van der Waals surface area contributed by atoms with Gasteiger partial charge in [-0.15, -0.1) is 0 Å². The third-order valence-corrected chi connectivity index (χ3v) is 2.96. The lowest BCUT2D eigenvalue weighted by Crippen LogP contribution is -2.32. The lowest BCUT2D eigenvalue weighted by molar-refractivity contribution is -0.130. The fourth-order valence-corrected chi connectivity index (χ4v) is 1.83. The van der Waals surface area contributed by atoms with Crippen molar-refractivity contribution in [1.82, 2.24) is 10.2 Å². The number of hydrogen-bond donors (Lipinski definition) is 1. The maximum Gasteiger partial charge on any atom is 0.223 e. The first-order valence-electron chi connectivity index (χ1n) is 6.50.